The van der Waals surface area contributed by atoms with Gasteiger partial charge in [0.25, 0.3) is 0 Å². The van der Waals surface area contributed by atoms with Crippen molar-refractivity contribution < 1.29 is 73.7 Å². The summed E-state index contributed by atoms with van der Waals surface area (Å²) in [7, 11) is 0. The van der Waals surface area contributed by atoms with Crippen LogP contribution in [0, 0.1) is 23.7 Å². The van der Waals surface area contributed by atoms with Crippen LogP contribution in [-0.4, -0.2) is 139 Å². The van der Waals surface area contributed by atoms with Gasteiger partial charge in [0.15, 0.2) is 5.78 Å². The quantitative estimate of drug-likeness (QED) is 0.0379. The number of ether oxygens (including phenoxy) is 4. The van der Waals surface area contributed by atoms with Crippen LogP contribution in [0.25, 0.3) is 0 Å². The molecule has 2 atom stereocenters. The summed E-state index contributed by atoms with van der Waals surface area (Å²) in [5.74, 6) is -1.45. The third-order valence-electron chi connectivity index (χ3n) is 15.5. The molecule has 0 spiro atoms. The Hall–Kier alpha value is -4.72. The van der Waals surface area contributed by atoms with E-state index in [4.69, 9.17) is 24.1 Å². The van der Waals surface area contributed by atoms with Crippen LogP contribution < -0.4 is 10.6 Å². The first-order valence-corrected chi connectivity index (χ1v) is 32.0. The van der Waals surface area contributed by atoms with E-state index in [1.165, 1.54) is 84.0 Å². The van der Waals surface area contributed by atoms with Gasteiger partial charge in [-0.05, 0) is 83.5 Å². The number of aromatic amines is 1. The summed E-state index contributed by atoms with van der Waals surface area (Å²) in [5.41, 5.74) is 0.907. The van der Waals surface area contributed by atoms with Crippen LogP contribution in [0.2, 0.25) is 0 Å². The van der Waals surface area contributed by atoms with Gasteiger partial charge in [-0.25, -0.2) is 4.98 Å². The van der Waals surface area contributed by atoms with E-state index in [0.717, 1.165) is 76.3 Å². The van der Waals surface area contributed by atoms with E-state index in [-0.39, 0.29) is 87.5 Å². The van der Waals surface area contributed by atoms with Crippen LogP contribution in [0.3, 0.4) is 0 Å². The lowest BCUT2D eigenvalue weighted by Gasteiger charge is -2.28. The first-order chi connectivity index (χ1) is 40.1. The number of aryl methyl sites for hydroxylation is 1. The molecule has 1 heterocycles. The fraction of sp³-hybridized carbons (Fsp3) is 0.812. The highest BCUT2D eigenvalue weighted by Crippen LogP contribution is 2.34. The normalized spacial score (nSPS) is 14.7. The highest BCUT2D eigenvalue weighted by atomic mass is 16.5. The summed E-state index contributed by atoms with van der Waals surface area (Å²) < 4.78 is 21.3. The third-order valence-corrected chi connectivity index (χ3v) is 15.5. The van der Waals surface area contributed by atoms with Crippen molar-refractivity contribution in [2.45, 2.75) is 245 Å². The Morgan fingerprint density at radius 3 is 1.58 bits per heavy atom. The molecule has 2 amide bonds. The standard InChI is InChI=1S/C34H60O6.C30H50N4O9.H2/c1-2-29(34(39)40)27-32(36)30-24-21-28(22-25-30)23-26-31(35)19-17-15-13-11-9-7-5-3-4-6-8-10-12-14-16-18-20-33(37)38;1-3-29(38)32-11-13-40-16-18-43-22-30(39)33-12-14-41-15-17-42-21-28(37)8-6-4-5-7-25(24(2)35)19-27(36)10-9-26-20-31-23-34-26;/h28-30H,2-27H2,1H3,(H,37,38)(H,39,40);20,23,25H,3-19,21-22H2,1-2H3,(H,31,34)(H,32,38)(H,33,39);1H/t28?,29-,30?;25-;/m11./s1. The number of unbranched alkanes of at least 4 members (excludes halogenated alkanes) is 17. The number of ketones is 5. The molecule has 0 saturated heterocycles. The number of amides is 2. The number of imidazole rings is 1. The van der Waals surface area contributed by atoms with Crippen molar-refractivity contribution in [1.29, 1.82) is 0 Å². The van der Waals surface area contributed by atoms with Crippen molar-refractivity contribution in [3.63, 3.8) is 0 Å². The summed E-state index contributed by atoms with van der Waals surface area (Å²) in [4.78, 5) is 112. The number of carbonyl (C=O) groups excluding carboxylic acids is 7. The molecule has 0 bridgehead atoms. The van der Waals surface area contributed by atoms with Gasteiger partial charge in [-0.3, -0.25) is 43.2 Å². The van der Waals surface area contributed by atoms with Crippen LogP contribution in [0.1, 0.15) is 246 Å². The zero-order valence-electron chi connectivity index (χ0n) is 51.4. The van der Waals surface area contributed by atoms with Gasteiger partial charge < -0.3 is 44.8 Å². The molecule has 0 radical (unpaired) electrons. The number of hydrogen-bond donors (Lipinski definition) is 5. The molecule has 478 valence electrons. The minimum Gasteiger partial charge on any atom is -0.481 e. The minimum atomic E-state index is -0.864. The van der Waals surface area contributed by atoms with Crippen molar-refractivity contribution >= 4 is 52.7 Å². The number of Topliss-reactive ketones (excluding diaryl/α,β-unsaturated/α-hetero) is 5. The Balaban J connectivity index is 0.00000163. The number of H-pyrrole nitrogens is 1. The second-order valence-electron chi connectivity index (χ2n) is 22.6. The number of hydrogen-bond acceptors (Lipinski definition) is 14. The number of rotatable bonds is 56. The molecule has 19 nitrogen and oxygen atoms in total. The van der Waals surface area contributed by atoms with Gasteiger partial charge in [0.2, 0.25) is 11.8 Å². The minimum absolute atomic E-state index is 0. The van der Waals surface area contributed by atoms with Gasteiger partial charge >= 0.3 is 11.9 Å². The molecule has 5 N–H and O–H groups in total. The summed E-state index contributed by atoms with van der Waals surface area (Å²) in [6, 6.07) is 0. The molecule has 1 aromatic heterocycles. The summed E-state index contributed by atoms with van der Waals surface area (Å²) in [6.45, 7) is 7.76. The first-order valence-electron chi connectivity index (χ1n) is 32.0. The van der Waals surface area contributed by atoms with Crippen LogP contribution in [0.5, 0.6) is 0 Å². The molecule has 1 aliphatic rings. The number of nitrogens with one attached hydrogen (secondary N) is 3. The van der Waals surface area contributed by atoms with Crippen molar-refractivity contribution in [2.75, 3.05) is 65.9 Å². The van der Waals surface area contributed by atoms with Gasteiger partial charge in [0, 0.05) is 89.6 Å². The Morgan fingerprint density at radius 1 is 0.566 bits per heavy atom. The number of aliphatic carboxylic acids is 2. The van der Waals surface area contributed by atoms with Gasteiger partial charge in [-0.1, -0.05) is 117 Å². The maximum Gasteiger partial charge on any atom is 0.306 e. The van der Waals surface area contributed by atoms with E-state index < -0.39 is 17.9 Å². The molecule has 0 aromatic carbocycles. The molecule has 2 rings (SSSR count). The van der Waals surface area contributed by atoms with Crippen molar-refractivity contribution in [1.82, 2.24) is 20.6 Å². The summed E-state index contributed by atoms with van der Waals surface area (Å²) in [5, 5.41) is 23.2. The topological polar surface area (TPSA) is 284 Å². The smallest absolute Gasteiger partial charge is 0.306 e. The molecule has 0 unspecified atom stereocenters. The van der Waals surface area contributed by atoms with Gasteiger partial charge in [-0.15, -0.1) is 0 Å². The van der Waals surface area contributed by atoms with E-state index in [0.29, 0.717) is 115 Å². The second-order valence-corrected chi connectivity index (χ2v) is 22.6. The molecule has 1 saturated carbocycles. The zero-order valence-corrected chi connectivity index (χ0v) is 51.4. The van der Waals surface area contributed by atoms with E-state index in [1.807, 2.05) is 6.92 Å². The van der Waals surface area contributed by atoms with E-state index >= 15 is 0 Å². The highest BCUT2D eigenvalue weighted by molar-refractivity contribution is 5.87. The average molecular weight is 1180 g/mol. The van der Waals surface area contributed by atoms with E-state index in [1.54, 1.807) is 19.4 Å². The predicted octanol–water partition coefficient (Wildman–Crippen LogP) is 11.3. The Labute approximate surface area is 498 Å². The lowest BCUT2D eigenvalue weighted by atomic mass is 9.76. The van der Waals surface area contributed by atoms with Gasteiger partial charge in [-0.2, -0.15) is 0 Å². The molecule has 0 aliphatic heterocycles. The molecular formula is C64H112N4O15. The Morgan fingerprint density at radius 2 is 1.07 bits per heavy atom. The van der Waals surface area contributed by atoms with Crippen LogP contribution >= 0.6 is 0 Å². The number of nitrogens with zero attached hydrogens (tertiary/aromatic N) is 1. The Kier molecular flexibility index (Phi) is 48.5. The van der Waals surface area contributed by atoms with Crippen LogP contribution in [0.4, 0.5) is 0 Å². The summed E-state index contributed by atoms with van der Waals surface area (Å²) >= 11 is 0. The van der Waals surface area contributed by atoms with Crippen molar-refractivity contribution in [3.05, 3.63) is 18.2 Å². The van der Waals surface area contributed by atoms with Crippen molar-refractivity contribution in [3.8, 4) is 0 Å². The molecule has 1 aliphatic carbocycles. The average Bonchev–Trinajstić information content (AvgIpc) is 4.13. The lowest BCUT2D eigenvalue weighted by Crippen LogP contribution is -2.31. The molecule has 1 aromatic rings. The van der Waals surface area contributed by atoms with Crippen LogP contribution in [-0.2, 0) is 68.5 Å². The monoisotopic (exact) mass is 1180 g/mol. The maximum atomic E-state index is 12.5. The first kappa shape index (κ1) is 76.3. The molecule has 19 heteroatoms. The fourth-order valence-electron chi connectivity index (χ4n) is 10.1. The second kappa shape index (κ2) is 52.8. The van der Waals surface area contributed by atoms with Crippen molar-refractivity contribution in [2.24, 2.45) is 23.7 Å². The number of carboxylic acids is 2. The number of aromatic nitrogens is 2. The number of carbonyl (C=O) groups is 9. The SMILES string of the molecule is CCC(=O)NCCOCCOCC(=O)NCCOCCOCC(=O)CCCCC[C@H](CC(=O)CCc1cnc[nH]1)C(C)=O.CC[C@H](CC(=O)C1CCC(CCC(=O)CCCCCCCCCCCCCCCCCCC(=O)O)CC1)C(=O)O.[HH]. The van der Waals surface area contributed by atoms with Gasteiger partial charge in [0.05, 0.1) is 51.9 Å². The number of carboxylic acid groups (broad SMARTS) is 2. The van der Waals surface area contributed by atoms with Crippen LogP contribution in [0.15, 0.2) is 12.5 Å². The largest absolute Gasteiger partial charge is 0.481 e. The highest BCUT2D eigenvalue weighted by Gasteiger charge is 2.29. The lowest BCUT2D eigenvalue weighted by molar-refractivity contribution is -0.144. The molecular weight excluding hydrogens is 1060 g/mol. The van der Waals surface area contributed by atoms with Gasteiger partial charge in [0.1, 0.15) is 36.3 Å². The zero-order chi connectivity index (χ0) is 61.0. The third kappa shape index (κ3) is 46.3. The van der Waals surface area contributed by atoms with E-state index in [9.17, 15) is 48.3 Å². The fourth-order valence-corrected chi connectivity index (χ4v) is 10.1. The predicted molar refractivity (Wildman–Crippen MR) is 322 cm³/mol. The van der Waals surface area contributed by atoms with E-state index in [2.05, 4.69) is 20.6 Å². The summed E-state index contributed by atoms with van der Waals surface area (Å²) in [6.07, 6.45) is 34.9. The molecule has 1 fully saturated rings. The molecule has 83 heavy (non-hydrogen) atoms. The maximum absolute atomic E-state index is 12.5. The Bertz CT molecular complexity index is 1900.